The minimum absolute atomic E-state index is 0.152. The number of hydrogen-bond acceptors (Lipinski definition) is 8. The summed E-state index contributed by atoms with van der Waals surface area (Å²) in [7, 11) is 1.43. The van der Waals surface area contributed by atoms with Gasteiger partial charge in [-0.05, 0) is 25.0 Å². The number of rotatable bonds is 4. The van der Waals surface area contributed by atoms with Crippen LogP contribution < -0.4 is 10.3 Å². The molecule has 0 saturated carbocycles. The predicted molar refractivity (Wildman–Crippen MR) is 88.6 cm³/mol. The zero-order valence-corrected chi connectivity index (χ0v) is 14.0. The van der Waals surface area contributed by atoms with Gasteiger partial charge in [0.25, 0.3) is 11.4 Å². The van der Waals surface area contributed by atoms with Gasteiger partial charge in [-0.15, -0.1) is 0 Å². The molecule has 0 amide bonds. The van der Waals surface area contributed by atoms with Crippen LogP contribution in [0.15, 0.2) is 27.6 Å². The third kappa shape index (κ3) is 2.80. The van der Waals surface area contributed by atoms with Crippen molar-refractivity contribution in [1.82, 2.24) is 19.7 Å². The number of pyridine rings is 2. The maximum absolute atomic E-state index is 12.7. The van der Waals surface area contributed by atoms with E-state index in [1.54, 1.807) is 12.3 Å². The third-order valence-electron chi connectivity index (χ3n) is 4.24. The number of hydrogen-bond donors (Lipinski definition) is 0. The summed E-state index contributed by atoms with van der Waals surface area (Å²) in [6.07, 6.45) is 3.25. The topological polar surface area (TPSA) is 116 Å². The average molecular weight is 353 g/mol. The van der Waals surface area contributed by atoms with Crippen molar-refractivity contribution in [3.05, 3.63) is 46.0 Å². The third-order valence-corrected chi connectivity index (χ3v) is 4.24. The minimum atomic E-state index is -0.294. The van der Waals surface area contributed by atoms with Gasteiger partial charge in [-0.2, -0.15) is 10.2 Å². The molecule has 1 saturated heterocycles. The van der Waals surface area contributed by atoms with Crippen LogP contribution in [0.4, 0.5) is 0 Å². The summed E-state index contributed by atoms with van der Waals surface area (Å²) in [5.74, 6) is 1.01. The van der Waals surface area contributed by atoms with Crippen molar-refractivity contribution in [3.8, 4) is 11.9 Å². The van der Waals surface area contributed by atoms with E-state index in [0.717, 1.165) is 12.8 Å². The summed E-state index contributed by atoms with van der Waals surface area (Å²) < 4.78 is 17.3. The van der Waals surface area contributed by atoms with Crippen molar-refractivity contribution < 1.29 is 14.0 Å². The van der Waals surface area contributed by atoms with Gasteiger partial charge in [0.05, 0.1) is 24.6 Å². The highest BCUT2D eigenvalue weighted by molar-refractivity contribution is 5.79. The SMILES string of the molecule is COc1nc2ccn(Cc3noc(C4CCCO4)n3)c(=O)c2cc1C#N. The van der Waals surface area contributed by atoms with Crippen molar-refractivity contribution in [2.75, 3.05) is 13.7 Å². The smallest absolute Gasteiger partial charge is 0.260 e. The molecule has 0 spiro atoms. The zero-order valence-electron chi connectivity index (χ0n) is 14.0. The molecule has 26 heavy (non-hydrogen) atoms. The van der Waals surface area contributed by atoms with Crippen LogP contribution in [0.2, 0.25) is 0 Å². The first-order valence-electron chi connectivity index (χ1n) is 8.12. The molecule has 1 aliphatic rings. The molecule has 0 bridgehead atoms. The van der Waals surface area contributed by atoms with E-state index in [9.17, 15) is 10.1 Å². The Morgan fingerprint density at radius 1 is 1.46 bits per heavy atom. The first-order valence-corrected chi connectivity index (χ1v) is 8.12. The lowest BCUT2D eigenvalue weighted by atomic mass is 10.2. The number of nitriles is 1. The Hall–Kier alpha value is -3.25. The van der Waals surface area contributed by atoms with E-state index in [0.29, 0.717) is 29.2 Å². The van der Waals surface area contributed by atoms with Crippen LogP contribution in [0.5, 0.6) is 5.88 Å². The van der Waals surface area contributed by atoms with E-state index in [1.165, 1.54) is 17.7 Å². The molecule has 1 unspecified atom stereocenters. The van der Waals surface area contributed by atoms with Gasteiger partial charge in [-0.3, -0.25) is 4.79 Å². The fraction of sp³-hybridized carbons (Fsp3) is 0.353. The minimum Gasteiger partial charge on any atom is -0.480 e. The van der Waals surface area contributed by atoms with Crippen LogP contribution >= 0.6 is 0 Å². The molecule has 0 N–H and O–H groups in total. The molecule has 132 valence electrons. The largest absolute Gasteiger partial charge is 0.480 e. The monoisotopic (exact) mass is 353 g/mol. The van der Waals surface area contributed by atoms with E-state index in [1.807, 2.05) is 6.07 Å². The van der Waals surface area contributed by atoms with Crippen molar-refractivity contribution in [1.29, 1.82) is 5.26 Å². The Balaban J connectivity index is 1.68. The van der Waals surface area contributed by atoms with Crippen LogP contribution in [-0.2, 0) is 11.3 Å². The molecule has 0 aliphatic carbocycles. The number of ether oxygens (including phenoxy) is 2. The fourth-order valence-electron chi connectivity index (χ4n) is 2.94. The highest BCUT2D eigenvalue weighted by Crippen LogP contribution is 2.27. The summed E-state index contributed by atoms with van der Waals surface area (Å²) in [4.78, 5) is 21.3. The second-order valence-electron chi connectivity index (χ2n) is 5.89. The lowest BCUT2D eigenvalue weighted by molar-refractivity contribution is 0.0835. The van der Waals surface area contributed by atoms with Crippen LogP contribution in [-0.4, -0.2) is 33.4 Å². The Bertz CT molecular complexity index is 1060. The van der Waals surface area contributed by atoms with Crippen molar-refractivity contribution in [3.63, 3.8) is 0 Å². The maximum Gasteiger partial charge on any atom is 0.260 e. The molecular weight excluding hydrogens is 338 g/mol. The molecule has 4 heterocycles. The molecule has 0 radical (unpaired) electrons. The summed E-state index contributed by atoms with van der Waals surface area (Å²) in [6, 6.07) is 5.14. The first-order chi connectivity index (χ1) is 12.7. The lowest BCUT2D eigenvalue weighted by Crippen LogP contribution is -2.21. The highest BCUT2D eigenvalue weighted by atomic mass is 16.5. The van der Waals surface area contributed by atoms with Gasteiger partial charge < -0.3 is 18.6 Å². The van der Waals surface area contributed by atoms with Crippen molar-refractivity contribution in [2.24, 2.45) is 0 Å². The van der Waals surface area contributed by atoms with Crippen LogP contribution in [0.3, 0.4) is 0 Å². The number of fused-ring (bicyclic) bond motifs is 1. The summed E-state index contributed by atoms with van der Waals surface area (Å²) in [6.45, 7) is 0.836. The van der Waals surface area contributed by atoms with Crippen molar-refractivity contribution in [2.45, 2.75) is 25.5 Å². The molecule has 3 aromatic heterocycles. The Labute approximate surface area is 147 Å². The van der Waals surface area contributed by atoms with Gasteiger partial charge in [0.2, 0.25) is 5.88 Å². The van der Waals surface area contributed by atoms with Gasteiger partial charge in [-0.25, -0.2) is 4.98 Å². The molecule has 4 rings (SSSR count). The van der Waals surface area contributed by atoms with Crippen LogP contribution in [0.1, 0.15) is 36.2 Å². The summed E-state index contributed by atoms with van der Waals surface area (Å²) in [5.41, 5.74) is 0.364. The Kier molecular flexibility index (Phi) is 4.10. The molecule has 1 atom stereocenters. The lowest BCUT2D eigenvalue weighted by Gasteiger charge is -2.07. The Morgan fingerprint density at radius 2 is 2.35 bits per heavy atom. The quantitative estimate of drug-likeness (QED) is 0.694. The zero-order chi connectivity index (χ0) is 18.1. The van der Waals surface area contributed by atoms with E-state index >= 15 is 0 Å². The molecule has 9 heteroatoms. The molecule has 0 aromatic carbocycles. The van der Waals surface area contributed by atoms with E-state index in [-0.39, 0.29) is 29.7 Å². The van der Waals surface area contributed by atoms with E-state index in [4.69, 9.17) is 14.0 Å². The average Bonchev–Trinajstić information content (AvgIpc) is 3.34. The second-order valence-corrected chi connectivity index (χ2v) is 5.89. The number of nitrogens with zero attached hydrogens (tertiary/aromatic N) is 5. The molecule has 9 nitrogen and oxygen atoms in total. The summed E-state index contributed by atoms with van der Waals surface area (Å²) >= 11 is 0. The van der Waals surface area contributed by atoms with Gasteiger partial charge in [-0.1, -0.05) is 5.16 Å². The number of methoxy groups -OCH3 is 1. The standard InChI is InChI=1S/C17H15N5O4/c1-24-15-10(8-18)7-11-12(19-15)4-5-22(17(11)23)9-14-20-16(26-21-14)13-3-2-6-25-13/h4-5,7,13H,2-3,6,9H2,1H3. The van der Waals surface area contributed by atoms with Crippen LogP contribution in [0, 0.1) is 11.3 Å². The first kappa shape index (κ1) is 16.2. The Morgan fingerprint density at radius 3 is 3.08 bits per heavy atom. The van der Waals surface area contributed by atoms with E-state index in [2.05, 4.69) is 15.1 Å². The second kappa shape index (κ2) is 6.57. The fourth-order valence-corrected chi connectivity index (χ4v) is 2.94. The van der Waals surface area contributed by atoms with Crippen LogP contribution in [0.25, 0.3) is 10.9 Å². The molecule has 1 fully saturated rings. The van der Waals surface area contributed by atoms with Crippen molar-refractivity contribution >= 4 is 10.9 Å². The van der Waals surface area contributed by atoms with Gasteiger partial charge in [0, 0.05) is 12.8 Å². The molecule has 1 aliphatic heterocycles. The highest BCUT2D eigenvalue weighted by Gasteiger charge is 2.24. The summed E-state index contributed by atoms with van der Waals surface area (Å²) in [5, 5.41) is 13.4. The van der Waals surface area contributed by atoms with Gasteiger partial charge >= 0.3 is 0 Å². The van der Waals surface area contributed by atoms with Gasteiger partial charge in [0.1, 0.15) is 17.7 Å². The molecule has 3 aromatic rings. The predicted octanol–water partition coefficient (Wildman–Crippen LogP) is 1.56. The number of aromatic nitrogens is 4. The maximum atomic E-state index is 12.7. The van der Waals surface area contributed by atoms with Gasteiger partial charge in [0.15, 0.2) is 5.82 Å². The molecular formula is C17H15N5O4. The normalized spacial score (nSPS) is 16.7. The van der Waals surface area contributed by atoms with E-state index < -0.39 is 0 Å².